The van der Waals surface area contributed by atoms with Crippen molar-refractivity contribution in [1.29, 1.82) is 0 Å². The number of benzene rings is 2. The van der Waals surface area contributed by atoms with Crippen molar-refractivity contribution in [3.63, 3.8) is 0 Å². The molecule has 12 amide bonds. The molecule has 0 spiro atoms. The molecule has 3 saturated heterocycles. The van der Waals surface area contributed by atoms with Gasteiger partial charge in [-0.25, -0.2) is 0 Å². The van der Waals surface area contributed by atoms with Gasteiger partial charge in [-0.05, 0) is 68.2 Å². The summed E-state index contributed by atoms with van der Waals surface area (Å²) in [6.07, 6.45) is -5.53. The monoisotopic (exact) mass is 1400 g/mol. The van der Waals surface area contributed by atoms with E-state index in [2.05, 4.69) is 47.5 Å². The number of nitrogens with one attached hydrogen (secondary N) is 8. The molecule has 13 atom stereocenters. The number of nitrogens with two attached hydrogens (primary N) is 5. The topological polar surface area (TPSA) is 566 Å². The first-order chi connectivity index (χ1) is 46.2. The largest absolute Gasteiger partial charge is 0.508 e. The quantitative estimate of drug-likeness (QED) is 0.0145. The van der Waals surface area contributed by atoms with E-state index in [1.807, 2.05) is 0 Å². The van der Waals surface area contributed by atoms with Crippen LogP contribution in [-0.4, -0.2) is 231 Å². The first kappa shape index (κ1) is 79.3. The van der Waals surface area contributed by atoms with Crippen molar-refractivity contribution in [2.24, 2.45) is 33.7 Å². The van der Waals surface area contributed by atoms with Crippen molar-refractivity contribution in [2.45, 2.75) is 182 Å². The number of phenolic OH excluding ortho intramolecular Hbond substituents is 1. The van der Waals surface area contributed by atoms with Gasteiger partial charge in [0.25, 0.3) is 0 Å². The van der Waals surface area contributed by atoms with Crippen LogP contribution in [-0.2, 0) is 79.8 Å². The van der Waals surface area contributed by atoms with Crippen molar-refractivity contribution in [3.8, 4) is 5.75 Å². The van der Waals surface area contributed by atoms with E-state index in [1.54, 1.807) is 30.3 Å². The minimum atomic E-state index is -1.87. The van der Waals surface area contributed by atoms with Crippen molar-refractivity contribution < 1.29 is 92.5 Å². The molecule has 0 saturated carbocycles. The molecule has 36 heteroatoms. The lowest BCUT2D eigenvalue weighted by Gasteiger charge is -2.39. The third-order valence-electron chi connectivity index (χ3n) is 15.9. The highest BCUT2D eigenvalue weighted by atomic mass is 33.1. The van der Waals surface area contributed by atoms with Crippen LogP contribution >= 0.6 is 21.6 Å². The molecule has 97 heavy (non-hydrogen) atoms. The Hall–Kier alpha value is -8.39. The maximum Gasteiger partial charge on any atom is 0.246 e. The smallest absolute Gasteiger partial charge is 0.246 e. The van der Waals surface area contributed by atoms with E-state index in [-0.39, 0.29) is 87.9 Å². The van der Waals surface area contributed by atoms with E-state index in [0.717, 1.165) is 26.5 Å². The number of aliphatic hydroxyl groups is 4. The zero-order valence-electron chi connectivity index (χ0n) is 53.5. The number of nitrogens with zero attached hydrogens (tertiary/aromatic N) is 2. The number of ether oxygens (including phenoxy) is 2. The number of carbonyl (C=O) groups is 12. The minimum Gasteiger partial charge on any atom is -0.508 e. The molecule has 3 aliphatic heterocycles. The summed E-state index contributed by atoms with van der Waals surface area (Å²) < 4.78 is 11.0. The lowest BCUT2D eigenvalue weighted by molar-refractivity contribution is -0.301. The Balaban J connectivity index is 1.46. The van der Waals surface area contributed by atoms with Crippen LogP contribution in [0.4, 0.5) is 0 Å². The zero-order valence-corrected chi connectivity index (χ0v) is 55.1. The van der Waals surface area contributed by atoms with Crippen LogP contribution < -0.4 is 71.2 Å². The number of amides is 12. The summed E-state index contributed by atoms with van der Waals surface area (Å²) in [7, 11) is 1.87. The number of primary amides is 3. The normalized spacial score (nSPS) is 24.9. The molecule has 2 aromatic rings. The average molecular weight is 1400 g/mol. The number of aliphatic imine (C=N–C) groups is 1. The summed E-state index contributed by atoms with van der Waals surface area (Å²) in [5, 5.41) is 70.7. The van der Waals surface area contributed by atoms with Crippen LogP contribution in [0.3, 0.4) is 0 Å². The number of hydrogen-bond acceptors (Lipinski definition) is 22. The predicted octanol–water partition coefficient (Wildman–Crippen LogP) is -5.70. The molecule has 0 bridgehead atoms. The van der Waals surface area contributed by atoms with Gasteiger partial charge in [-0.1, -0.05) is 89.7 Å². The molecule has 0 aliphatic carbocycles. The molecular weight excluding hydrogens is 1310 g/mol. The van der Waals surface area contributed by atoms with Crippen LogP contribution in [0.15, 0.2) is 59.6 Å². The first-order valence-corrected chi connectivity index (χ1v) is 34.3. The summed E-state index contributed by atoms with van der Waals surface area (Å²) >= 11 is 0. The third-order valence-corrected chi connectivity index (χ3v) is 18.3. The van der Waals surface area contributed by atoms with Crippen molar-refractivity contribution >= 4 is 98.4 Å². The number of likely N-dealkylation sites (tertiary alicyclic amines) is 1. The average Bonchev–Trinajstić information content (AvgIpc) is 1.09. The standard InChI is InChI=1S/C61H91N15O19S2/c62-45(79)22-21-37-53(87)74-40(28-46(63)80)56(90)75-42(59(93)76-24-11-15-43(76)58(92)71-36(14-10-23-67-61(65)66)52(86)68-29-47(64)81)32-97-96-31-41(69-48(82)16-8-3-1-2-4-9-25-94-60-51(85)50(84)49(83)44(30-77)95-60)57(91)73-39(27-34-17-19-35(78)20-18-34)55(89)72-38(54(88)70-37)26-33-12-6-5-7-13-33/h5-7,12-13,17-20,36-44,49-51,60,77-78,83-85H,1-4,8-11,14-16,21-32H2,(H2,62,79)(H2,63,80)(H2,64,81)(H,68,86)(H,69,82)(H,70,88)(H,71,92)(H,72,89)(H,73,91)(H,74,87)(H,75,90)(H4,65,66,67)/t36-,37-,38-,39-,40-,41-,42-,43-,44+,49+,50-,51-,60-/m0/s1. The highest BCUT2D eigenvalue weighted by molar-refractivity contribution is 8.76. The number of aliphatic hydroxyl groups excluding tert-OH is 4. The van der Waals surface area contributed by atoms with Gasteiger partial charge in [0.2, 0.25) is 70.9 Å². The second-order valence-corrected chi connectivity index (χ2v) is 26.1. The maximum atomic E-state index is 15.0. The molecule has 536 valence electrons. The van der Waals surface area contributed by atoms with Gasteiger partial charge in [0.05, 0.1) is 19.6 Å². The van der Waals surface area contributed by atoms with Crippen molar-refractivity contribution in [2.75, 3.05) is 44.4 Å². The Morgan fingerprint density at radius 3 is 1.91 bits per heavy atom. The minimum absolute atomic E-state index is 0.0414. The summed E-state index contributed by atoms with van der Waals surface area (Å²) in [6.45, 7) is -1.05. The van der Waals surface area contributed by atoms with Gasteiger partial charge in [-0.15, -0.1) is 0 Å². The number of hydrogen-bond donors (Lipinski definition) is 18. The van der Waals surface area contributed by atoms with E-state index in [9.17, 15) is 83.1 Å². The summed E-state index contributed by atoms with van der Waals surface area (Å²) in [6, 6.07) is 1.80. The fourth-order valence-corrected chi connectivity index (χ4v) is 13.0. The molecule has 3 fully saturated rings. The molecule has 0 unspecified atom stereocenters. The van der Waals surface area contributed by atoms with Gasteiger partial charge in [0.15, 0.2) is 12.2 Å². The molecule has 23 N–H and O–H groups in total. The Morgan fingerprint density at radius 1 is 0.670 bits per heavy atom. The van der Waals surface area contributed by atoms with Crippen LogP contribution in [0, 0.1) is 0 Å². The Kier molecular flexibility index (Phi) is 33.5. The maximum absolute atomic E-state index is 15.0. The van der Waals surface area contributed by atoms with E-state index in [4.69, 9.17) is 38.1 Å². The number of aromatic hydroxyl groups is 1. The fraction of sp³-hybridized carbons (Fsp3) is 0.590. The molecule has 5 rings (SSSR count). The molecule has 3 heterocycles. The molecule has 34 nitrogen and oxygen atoms in total. The van der Waals surface area contributed by atoms with Crippen LogP contribution in [0.25, 0.3) is 0 Å². The SMILES string of the molecule is NC(=O)CC[C@@H]1NC(=O)[C@H](Cc2ccccc2)NC(=O)[C@H](Cc2ccc(O)cc2)NC(=O)[C@@H](NC(=O)CCCCCCCCO[C@H]2O[C@H](CO)[C@@H](O)[C@H](O)[C@@H]2O)CSSC[C@@H](C(=O)N2CCC[C@H]2C(=O)N[C@@H](CCCN=C(N)N)C(=O)NCC(N)=O)NC(=O)[C@H](CC(N)=O)NC1=O. The zero-order chi connectivity index (χ0) is 71.1. The number of rotatable bonds is 31. The molecule has 3 aliphatic rings. The molecule has 0 radical (unpaired) electrons. The van der Waals surface area contributed by atoms with Crippen LogP contribution in [0.2, 0.25) is 0 Å². The third kappa shape index (κ3) is 27.2. The van der Waals surface area contributed by atoms with Gasteiger partial charge in [0, 0.05) is 56.9 Å². The van der Waals surface area contributed by atoms with E-state index in [0.29, 0.717) is 49.7 Å². The van der Waals surface area contributed by atoms with Gasteiger partial charge in [0.1, 0.15) is 78.5 Å². The van der Waals surface area contributed by atoms with Crippen molar-refractivity contribution in [1.82, 2.24) is 47.4 Å². The van der Waals surface area contributed by atoms with Crippen molar-refractivity contribution in [3.05, 3.63) is 65.7 Å². The Labute approximate surface area is 567 Å². The lowest BCUT2D eigenvalue weighted by Crippen LogP contribution is -2.61. The molecule has 0 aromatic heterocycles. The van der Waals surface area contributed by atoms with Gasteiger partial charge < -0.3 is 111 Å². The predicted molar refractivity (Wildman–Crippen MR) is 352 cm³/mol. The summed E-state index contributed by atoms with van der Waals surface area (Å²) in [5.41, 5.74) is 28.2. The van der Waals surface area contributed by atoms with Gasteiger partial charge in [-0.2, -0.15) is 0 Å². The number of guanidine groups is 1. The number of unbranched alkanes of at least 4 members (excludes halogenated alkanes) is 5. The first-order valence-electron chi connectivity index (χ1n) is 31.8. The van der Waals surface area contributed by atoms with Gasteiger partial charge in [-0.3, -0.25) is 62.5 Å². The highest BCUT2D eigenvalue weighted by Gasteiger charge is 2.45. The lowest BCUT2D eigenvalue weighted by atomic mass is 9.99. The molecular formula is C61H91N15O19S2. The number of phenols is 1. The summed E-state index contributed by atoms with van der Waals surface area (Å²) in [5.74, 6) is -12.0. The Morgan fingerprint density at radius 2 is 1.27 bits per heavy atom. The number of carbonyl (C=O) groups excluding carboxylic acids is 12. The molecule has 2 aromatic carbocycles. The second-order valence-electron chi connectivity index (χ2n) is 23.6. The van der Waals surface area contributed by atoms with E-state index < -0.39 is 182 Å². The van der Waals surface area contributed by atoms with Crippen LogP contribution in [0.1, 0.15) is 101 Å². The Bertz CT molecular complexity index is 3030. The van der Waals surface area contributed by atoms with Crippen LogP contribution in [0.5, 0.6) is 5.75 Å². The highest BCUT2D eigenvalue weighted by Crippen LogP contribution is 2.27. The van der Waals surface area contributed by atoms with E-state index >= 15 is 0 Å². The fourth-order valence-electron chi connectivity index (χ4n) is 10.7. The second kappa shape index (κ2) is 41.0. The van der Waals surface area contributed by atoms with E-state index in [1.165, 1.54) is 24.3 Å². The summed E-state index contributed by atoms with van der Waals surface area (Å²) in [4.78, 5) is 171. The van der Waals surface area contributed by atoms with Gasteiger partial charge >= 0.3 is 0 Å².